The molecule has 1 aliphatic rings. The third-order valence-corrected chi connectivity index (χ3v) is 6.45. The van der Waals surface area contributed by atoms with E-state index in [4.69, 9.17) is 9.47 Å². The van der Waals surface area contributed by atoms with Crippen LogP contribution < -0.4 is 9.64 Å². The van der Waals surface area contributed by atoms with Gasteiger partial charge in [0.2, 0.25) is 0 Å². The van der Waals surface area contributed by atoms with Crippen molar-refractivity contribution in [2.75, 3.05) is 18.6 Å². The third-order valence-electron chi connectivity index (χ3n) is 5.95. The first-order chi connectivity index (χ1) is 17.0. The highest BCUT2D eigenvalue weighted by Gasteiger charge is 2.43. The van der Waals surface area contributed by atoms with Crippen molar-refractivity contribution < 1.29 is 19.1 Å². The van der Waals surface area contributed by atoms with Gasteiger partial charge in [-0.1, -0.05) is 28.1 Å². The number of aromatic amines is 1. The van der Waals surface area contributed by atoms with Gasteiger partial charge < -0.3 is 9.47 Å². The molecule has 8 heteroatoms. The van der Waals surface area contributed by atoms with E-state index in [9.17, 15) is 9.59 Å². The number of rotatable bonds is 6. The van der Waals surface area contributed by atoms with Gasteiger partial charge in [0.25, 0.3) is 5.91 Å². The SMILES string of the molecule is CCOC(=O)c1ccc(N2C(=O)c3[nH]nc(-c4ccc(OC)cc4)c3C2c2cccc(Br)c2)cc1. The minimum Gasteiger partial charge on any atom is -0.497 e. The van der Waals surface area contributed by atoms with Crippen LogP contribution >= 0.6 is 15.9 Å². The number of carbonyl (C=O) groups is 2. The lowest BCUT2D eigenvalue weighted by atomic mass is 9.96. The van der Waals surface area contributed by atoms with E-state index in [1.54, 1.807) is 43.2 Å². The Bertz CT molecular complexity index is 1400. The minimum absolute atomic E-state index is 0.193. The summed E-state index contributed by atoms with van der Waals surface area (Å²) >= 11 is 3.56. The second-order valence-electron chi connectivity index (χ2n) is 7.99. The van der Waals surface area contributed by atoms with Crippen LogP contribution in [0.25, 0.3) is 11.3 Å². The fourth-order valence-corrected chi connectivity index (χ4v) is 4.76. The summed E-state index contributed by atoms with van der Waals surface area (Å²) in [5.74, 6) is 0.150. The summed E-state index contributed by atoms with van der Waals surface area (Å²) in [5, 5.41) is 7.48. The number of methoxy groups -OCH3 is 1. The summed E-state index contributed by atoms with van der Waals surface area (Å²) in [6.45, 7) is 2.06. The minimum atomic E-state index is -0.417. The molecule has 35 heavy (non-hydrogen) atoms. The molecule has 1 aliphatic heterocycles. The van der Waals surface area contributed by atoms with Gasteiger partial charge in [-0.15, -0.1) is 0 Å². The maximum atomic E-state index is 13.7. The topological polar surface area (TPSA) is 84.5 Å². The van der Waals surface area contributed by atoms with E-state index in [-0.39, 0.29) is 5.91 Å². The number of hydrogen-bond donors (Lipinski definition) is 1. The van der Waals surface area contributed by atoms with Gasteiger partial charge in [0.05, 0.1) is 31.0 Å². The second kappa shape index (κ2) is 9.38. The van der Waals surface area contributed by atoms with E-state index in [1.807, 2.05) is 48.5 Å². The lowest BCUT2D eigenvalue weighted by Gasteiger charge is -2.27. The number of nitrogens with one attached hydrogen (secondary N) is 1. The number of esters is 1. The summed E-state index contributed by atoms with van der Waals surface area (Å²) in [7, 11) is 1.62. The van der Waals surface area contributed by atoms with Gasteiger partial charge >= 0.3 is 5.97 Å². The maximum Gasteiger partial charge on any atom is 0.338 e. The van der Waals surface area contributed by atoms with Gasteiger partial charge in [0, 0.05) is 21.3 Å². The number of anilines is 1. The van der Waals surface area contributed by atoms with E-state index >= 15 is 0 Å². The highest BCUT2D eigenvalue weighted by atomic mass is 79.9. The molecule has 1 amide bonds. The van der Waals surface area contributed by atoms with E-state index in [0.29, 0.717) is 29.2 Å². The maximum absolute atomic E-state index is 13.7. The fraction of sp³-hybridized carbons (Fsp3) is 0.148. The van der Waals surface area contributed by atoms with Crippen molar-refractivity contribution in [2.45, 2.75) is 13.0 Å². The van der Waals surface area contributed by atoms with Crippen LogP contribution in [-0.4, -0.2) is 35.8 Å². The summed E-state index contributed by atoms with van der Waals surface area (Å²) in [6.07, 6.45) is 0. The fourth-order valence-electron chi connectivity index (χ4n) is 4.35. The number of nitrogens with zero attached hydrogens (tertiary/aromatic N) is 2. The smallest absolute Gasteiger partial charge is 0.338 e. The molecule has 7 nitrogen and oxygen atoms in total. The zero-order valence-electron chi connectivity index (χ0n) is 19.1. The number of ether oxygens (including phenoxy) is 2. The van der Waals surface area contributed by atoms with Crippen LogP contribution in [0, 0.1) is 0 Å². The molecule has 1 atom stereocenters. The van der Waals surface area contributed by atoms with Crippen LogP contribution in [0.4, 0.5) is 5.69 Å². The zero-order valence-corrected chi connectivity index (χ0v) is 20.7. The van der Waals surface area contributed by atoms with Crippen LogP contribution in [0.15, 0.2) is 77.3 Å². The molecule has 2 heterocycles. The Kier molecular flexibility index (Phi) is 6.13. The standard InChI is InChI=1S/C27H22BrN3O4/c1-3-35-27(33)17-7-11-20(12-8-17)31-25(18-5-4-6-19(28)15-18)22-23(29-30-24(22)26(31)32)16-9-13-21(34-2)14-10-16/h4-15,25H,3H2,1-2H3,(H,29,30). The number of benzene rings is 3. The molecule has 1 N–H and O–H groups in total. The molecule has 4 aromatic rings. The number of carbonyl (C=O) groups excluding carboxylic acids is 2. The molecule has 0 bridgehead atoms. The molecule has 0 saturated heterocycles. The van der Waals surface area contributed by atoms with Crippen LogP contribution in [-0.2, 0) is 4.74 Å². The highest BCUT2D eigenvalue weighted by molar-refractivity contribution is 9.10. The van der Waals surface area contributed by atoms with Crippen molar-refractivity contribution in [3.8, 4) is 17.0 Å². The Morgan fingerprint density at radius 3 is 2.49 bits per heavy atom. The highest BCUT2D eigenvalue weighted by Crippen LogP contribution is 2.45. The van der Waals surface area contributed by atoms with Crippen molar-refractivity contribution in [1.29, 1.82) is 0 Å². The van der Waals surface area contributed by atoms with Gasteiger partial charge in [-0.3, -0.25) is 14.8 Å². The molecule has 0 radical (unpaired) electrons. The molecule has 0 spiro atoms. The molecular formula is C27H22BrN3O4. The molecule has 0 saturated carbocycles. The van der Waals surface area contributed by atoms with E-state index in [2.05, 4.69) is 26.1 Å². The summed E-state index contributed by atoms with van der Waals surface area (Å²) < 4.78 is 11.3. The largest absolute Gasteiger partial charge is 0.497 e. The Labute approximate surface area is 210 Å². The Balaban J connectivity index is 1.62. The summed E-state index contributed by atoms with van der Waals surface area (Å²) in [5.41, 5.74) is 4.83. The average molecular weight is 532 g/mol. The van der Waals surface area contributed by atoms with Crippen LogP contribution in [0.1, 0.15) is 44.9 Å². The normalized spacial score (nSPS) is 14.7. The van der Waals surface area contributed by atoms with Crippen molar-refractivity contribution >= 4 is 33.5 Å². The van der Waals surface area contributed by atoms with Crippen molar-refractivity contribution in [2.24, 2.45) is 0 Å². The van der Waals surface area contributed by atoms with Crippen LogP contribution in [0.2, 0.25) is 0 Å². The van der Waals surface area contributed by atoms with E-state index < -0.39 is 12.0 Å². The van der Waals surface area contributed by atoms with Gasteiger partial charge in [-0.25, -0.2) is 4.79 Å². The number of aromatic nitrogens is 2. The van der Waals surface area contributed by atoms with Gasteiger partial charge in [0.1, 0.15) is 11.4 Å². The van der Waals surface area contributed by atoms with Crippen LogP contribution in [0.3, 0.4) is 0 Å². The lowest BCUT2D eigenvalue weighted by Crippen LogP contribution is -2.29. The first-order valence-electron chi connectivity index (χ1n) is 11.1. The molecule has 1 aromatic heterocycles. The van der Waals surface area contributed by atoms with Crippen molar-refractivity contribution in [3.05, 3.63) is 99.7 Å². The quantitative estimate of drug-likeness (QED) is 0.319. The molecule has 0 aliphatic carbocycles. The molecule has 3 aromatic carbocycles. The number of halogens is 1. The first-order valence-corrected chi connectivity index (χ1v) is 11.9. The first kappa shape index (κ1) is 22.9. The summed E-state index contributed by atoms with van der Waals surface area (Å²) in [4.78, 5) is 27.5. The van der Waals surface area contributed by atoms with E-state index in [1.165, 1.54) is 0 Å². The Morgan fingerprint density at radius 2 is 1.83 bits per heavy atom. The Hall–Kier alpha value is -3.91. The molecule has 0 fully saturated rings. The monoisotopic (exact) mass is 531 g/mol. The van der Waals surface area contributed by atoms with Crippen LogP contribution in [0.5, 0.6) is 5.75 Å². The number of hydrogen-bond acceptors (Lipinski definition) is 5. The van der Waals surface area contributed by atoms with Gasteiger partial charge in [0.15, 0.2) is 0 Å². The van der Waals surface area contributed by atoms with Crippen molar-refractivity contribution in [3.63, 3.8) is 0 Å². The third kappa shape index (κ3) is 4.10. The predicted octanol–water partition coefficient (Wildman–Crippen LogP) is 5.77. The number of fused-ring (bicyclic) bond motifs is 1. The van der Waals surface area contributed by atoms with Gasteiger partial charge in [-0.05, 0) is 73.2 Å². The Morgan fingerprint density at radius 1 is 1.09 bits per heavy atom. The molecule has 176 valence electrons. The van der Waals surface area contributed by atoms with E-state index in [0.717, 1.165) is 26.9 Å². The lowest BCUT2D eigenvalue weighted by molar-refractivity contribution is 0.0526. The van der Waals surface area contributed by atoms with Gasteiger partial charge in [-0.2, -0.15) is 5.10 Å². The second-order valence-corrected chi connectivity index (χ2v) is 8.91. The molecule has 5 rings (SSSR count). The molecular weight excluding hydrogens is 510 g/mol. The molecule has 1 unspecified atom stereocenters. The summed E-state index contributed by atoms with van der Waals surface area (Å²) in [6, 6.07) is 21.9. The number of H-pyrrole nitrogens is 1. The van der Waals surface area contributed by atoms with Crippen molar-refractivity contribution in [1.82, 2.24) is 10.2 Å². The zero-order chi connectivity index (χ0) is 24.5. The average Bonchev–Trinajstić information content (AvgIpc) is 3.43. The predicted molar refractivity (Wildman–Crippen MR) is 136 cm³/mol. The number of amides is 1.